The van der Waals surface area contributed by atoms with Gasteiger partial charge in [-0.1, -0.05) is 6.92 Å². The first kappa shape index (κ1) is 14.6. The van der Waals surface area contributed by atoms with Gasteiger partial charge in [-0.2, -0.15) is 0 Å². The van der Waals surface area contributed by atoms with Crippen molar-refractivity contribution in [3.05, 3.63) is 17.8 Å². The van der Waals surface area contributed by atoms with Crippen LogP contribution in [0.25, 0.3) is 0 Å². The normalized spacial score (nSPS) is 21.7. The smallest absolute Gasteiger partial charge is 0.356 e. The Balaban J connectivity index is 2.03. The largest absolute Gasteiger partial charge is 0.464 e. The molecule has 0 bridgehead atoms. The molecule has 1 aliphatic heterocycles. The van der Waals surface area contributed by atoms with Gasteiger partial charge in [-0.3, -0.25) is 0 Å². The van der Waals surface area contributed by atoms with E-state index in [4.69, 9.17) is 10.5 Å². The predicted molar refractivity (Wildman–Crippen MR) is 76.6 cm³/mol. The topological polar surface area (TPSA) is 86.5 Å². The third-order valence-electron chi connectivity index (χ3n) is 3.60. The van der Waals surface area contributed by atoms with E-state index in [1.165, 1.54) is 7.11 Å². The van der Waals surface area contributed by atoms with Crippen molar-refractivity contribution in [2.24, 2.45) is 5.92 Å². The van der Waals surface area contributed by atoms with Crippen LogP contribution in [-0.2, 0) is 9.47 Å². The van der Waals surface area contributed by atoms with Crippen LogP contribution >= 0.6 is 0 Å². The van der Waals surface area contributed by atoms with Crippen molar-refractivity contribution in [1.82, 2.24) is 4.98 Å². The Hall–Kier alpha value is -1.82. The Kier molecular flexibility index (Phi) is 4.79. The zero-order valence-corrected chi connectivity index (χ0v) is 11.9. The molecular weight excluding hydrogens is 258 g/mol. The number of anilines is 2. The second-order valence-corrected chi connectivity index (χ2v) is 4.87. The Labute approximate surface area is 118 Å². The Morgan fingerprint density at radius 2 is 2.40 bits per heavy atom. The number of nitrogens with one attached hydrogen (secondary N) is 1. The van der Waals surface area contributed by atoms with Crippen LogP contribution in [0.4, 0.5) is 11.5 Å². The van der Waals surface area contributed by atoms with Gasteiger partial charge in [0, 0.05) is 19.1 Å². The van der Waals surface area contributed by atoms with Gasteiger partial charge in [0.05, 0.1) is 18.9 Å². The molecule has 2 heterocycles. The lowest BCUT2D eigenvalue weighted by molar-refractivity contribution is 0.0594. The number of nitrogens with zero attached hydrogens (tertiary/aromatic N) is 1. The molecule has 0 spiro atoms. The van der Waals surface area contributed by atoms with E-state index in [1.54, 1.807) is 12.1 Å². The molecule has 2 rings (SSSR count). The maximum atomic E-state index is 11.5. The SMILES string of the molecule is CCC1OCCC1CNc1nc(C(=O)OC)ccc1N. The molecule has 0 aromatic carbocycles. The zero-order valence-electron chi connectivity index (χ0n) is 11.9. The molecule has 6 heteroatoms. The van der Waals surface area contributed by atoms with E-state index in [9.17, 15) is 4.79 Å². The van der Waals surface area contributed by atoms with Crippen LogP contribution in [0.15, 0.2) is 12.1 Å². The summed E-state index contributed by atoms with van der Waals surface area (Å²) in [6, 6.07) is 3.21. The van der Waals surface area contributed by atoms with Crippen LogP contribution < -0.4 is 11.1 Å². The highest BCUT2D eigenvalue weighted by Gasteiger charge is 2.26. The van der Waals surface area contributed by atoms with Crippen molar-refractivity contribution < 1.29 is 14.3 Å². The van der Waals surface area contributed by atoms with Crippen LogP contribution in [0.2, 0.25) is 0 Å². The first-order valence-corrected chi connectivity index (χ1v) is 6.86. The van der Waals surface area contributed by atoms with Crippen LogP contribution in [0.5, 0.6) is 0 Å². The number of methoxy groups -OCH3 is 1. The highest BCUT2D eigenvalue weighted by molar-refractivity contribution is 5.88. The molecule has 0 radical (unpaired) electrons. The van der Waals surface area contributed by atoms with Crippen molar-refractivity contribution in [1.29, 1.82) is 0 Å². The average molecular weight is 279 g/mol. The van der Waals surface area contributed by atoms with E-state index in [-0.39, 0.29) is 11.8 Å². The van der Waals surface area contributed by atoms with Gasteiger partial charge in [-0.25, -0.2) is 9.78 Å². The Bertz CT molecular complexity index is 479. The minimum absolute atomic E-state index is 0.249. The minimum Gasteiger partial charge on any atom is -0.464 e. The molecule has 0 amide bonds. The van der Waals surface area contributed by atoms with Crippen molar-refractivity contribution in [3.8, 4) is 0 Å². The van der Waals surface area contributed by atoms with Gasteiger partial charge in [0.25, 0.3) is 0 Å². The lowest BCUT2D eigenvalue weighted by Crippen LogP contribution is -2.23. The van der Waals surface area contributed by atoms with E-state index in [1.807, 2.05) is 0 Å². The zero-order chi connectivity index (χ0) is 14.5. The lowest BCUT2D eigenvalue weighted by atomic mass is 10.00. The standard InChI is InChI=1S/C14H21N3O3/c1-3-12-9(6-7-20-12)8-16-13-10(15)4-5-11(17-13)14(18)19-2/h4-5,9,12H,3,6-8,15H2,1-2H3,(H,16,17). The number of nitrogen functional groups attached to an aromatic ring is 1. The molecule has 0 saturated carbocycles. The molecule has 1 aliphatic rings. The van der Waals surface area contributed by atoms with E-state index in [0.717, 1.165) is 26.0 Å². The summed E-state index contributed by atoms with van der Waals surface area (Å²) in [6.45, 7) is 3.66. The molecule has 2 unspecified atom stereocenters. The van der Waals surface area contributed by atoms with Gasteiger partial charge in [0.2, 0.25) is 0 Å². The van der Waals surface area contributed by atoms with E-state index < -0.39 is 5.97 Å². The Morgan fingerprint density at radius 3 is 3.10 bits per heavy atom. The summed E-state index contributed by atoms with van der Waals surface area (Å²) in [4.78, 5) is 15.7. The third-order valence-corrected chi connectivity index (χ3v) is 3.60. The maximum absolute atomic E-state index is 11.5. The van der Waals surface area contributed by atoms with Gasteiger partial charge in [-0.05, 0) is 25.0 Å². The number of carbonyl (C=O) groups is 1. The third kappa shape index (κ3) is 3.19. The number of ether oxygens (including phenoxy) is 2. The number of aromatic nitrogens is 1. The molecule has 1 fully saturated rings. The van der Waals surface area contributed by atoms with Gasteiger partial charge in [0.15, 0.2) is 5.69 Å². The summed E-state index contributed by atoms with van der Waals surface area (Å²) in [6.07, 6.45) is 2.31. The maximum Gasteiger partial charge on any atom is 0.356 e. The van der Waals surface area contributed by atoms with Gasteiger partial charge in [-0.15, -0.1) is 0 Å². The average Bonchev–Trinajstić information content (AvgIpc) is 2.93. The van der Waals surface area contributed by atoms with Crippen molar-refractivity contribution in [3.63, 3.8) is 0 Å². The van der Waals surface area contributed by atoms with Gasteiger partial charge < -0.3 is 20.5 Å². The van der Waals surface area contributed by atoms with Crippen molar-refractivity contribution in [2.75, 3.05) is 31.3 Å². The minimum atomic E-state index is -0.469. The van der Waals surface area contributed by atoms with E-state index >= 15 is 0 Å². The number of esters is 1. The van der Waals surface area contributed by atoms with Crippen LogP contribution in [0, 0.1) is 5.92 Å². The van der Waals surface area contributed by atoms with Crippen LogP contribution in [0.3, 0.4) is 0 Å². The molecule has 1 saturated heterocycles. The number of rotatable bonds is 5. The van der Waals surface area contributed by atoms with Crippen molar-refractivity contribution >= 4 is 17.5 Å². The van der Waals surface area contributed by atoms with Crippen molar-refractivity contribution in [2.45, 2.75) is 25.9 Å². The number of nitrogens with two attached hydrogens (primary N) is 1. The molecule has 3 N–H and O–H groups in total. The molecule has 1 aromatic rings. The highest BCUT2D eigenvalue weighted by Crippen LogP contribution is 2.24. The lowest BCUT2D eigenvalue weighted by Gasteiger charge is -2.18. The molecule has 2 atom stereocenters. The van der Waals surface area contributed by atoms with Crippen LogP contribution in [0.1, 0.15) is 30.3 Å². The number of carbonyl (C=O) groups excluding carboxylic acids is 1. The monoisotopic (exact) mass is 279 g/mol. The molecule has 110 valence electrons. The second kappa shape index (κ2) is 6.56. The second-order valence-electron chi connectivity index (χ2n) is 4.87. The number of pyridine rings is 1. The fourth-order valence-corrected chi connectivity index (χ4v) is 2.43. The first-order valence-electron chi connectivity index (χ1n) is 6.86. The van der Waals surface area contributed by atoms with E-state index in [2.05, 4.69) is 22.0 Å². The summed E-state index contributed by atoms with van der Waals surface area (Å²) in [5.41, 5.74) is 6.64. The number of hydrogen-bond acceptors (Lipinski definition) is 6. The summed E-state index contributed by atoms with van der Waals surface area (Å²) < 4.78 is 10.3. The number of hydrogen-bond donors (Lipinski definition) is 2. The quantitative estimate of drug-likeness (QED) is 0.797. The molecule has 6 nitrogen and oxygen atoms in total. The predicted octanol–water partition coefficient (Wildman–Crippen LogP) is 1.68. The van der Waals surface area contributed by atoms with Gasteiger partial charge >= 0.3 is 5.97 Å². The fourth-order valence-electron chi connectivity index (χ4n) is 2.43. The molecule has 1 aromatic heterocycles. The summed E-state index contributed by atoms with van der Waals surface area (Å²) in [5, 5.41) is 3.21. The molecule has 0 aliphatic carbocycles. The highest BCUT2D eigenvalue weighted by atomic mass is 16.5. The summed E-state index contributed by atoms with van der Waals surface area (Å²) in [5.74, 6) is 0.501. The fraction of sp³-hybridized carbons (Fsp3) is 0.571. The molecule has 20 heavy (non-hydrogen) atoms. The van der Waals surface area contributed by atoms with E-state index in [0.29, 0.717) is 17.4 Å². The summed E-state index contributed by atoms with van der Waals surface area (Å²) >= 11 is 0. The molecular formula is C14H21N3O3. The first-order chi connectivity index (χ1) is 9.65. The van der Waals surface area contributed by atoms with Gasteiger partial charge in [0.1, 0.15) is 5.82 Å². The summed E-state index contributed by atoms with van der Waals surface area (Å²) in [7, 11) is 1.33. The van der Waals surface area contributed by atoms with Crippen LogP contribution in [-0.4, -0.2) is 37.3 Å². The Morgan fingerprint density at radius 1 is 1.60 bits per heavy atom.